The van der Waals surface area contributed by atoms with Crippen LogP contribution in [0.1, 0.15) is 46.5 Å². The lowest BCUT2D eigenvalue weighted by Crippen LogP contribution is -2.25. The van der Waals surface area contributed by atoms with E-state index in [2.05, 4.69) is 0 Å². The molecule has 0 aromatic heterocycles. The molecule has 2 unspecified atom stereocenters. The fraction of sp³-hybridized carbons (Fsp3) is 0.818. The van der Waals surface area contributed by atoms with Gasteiger partial charge in [0, 0.05) is 0 Å². The van der Waals surface area contributed by atoms with Crippen molar-refractivity contribution in [2.45, 2.75) is 57.0 Å². The van der Waals surface area contributed by atoms with Crippen LogP contribution in [0.15, 0.2) is 11.6 Å². The summed E-state index contributed by atoms with van der Waals surface area (Å²) in [6.45, 7) is 6.02. The zero-order valence-corrected chi connectivity index (χ0v) is 10.1. The van der Waals surface area contributed by atoms with Crippen molar-refractivity contribution in [2.24, 2.45) is 0 Å². The Labute approximate surface area is 87.3 Å². The first kappa shape index (κ1) is 11.8. The lowest BCUT2D eigenvalue weighted by Gasteiger charge is -2.13. The van der Waals surface area contributed by atoms with Crippen LogP contribution in [0.3, 0.4) is 0 Å². The molecule has 0 aromatic rings. The van der Waals surface area contributed by atoms with Crippen LogP contribution in [-0.2, 0) is 9.84 Å². The van der Waals surface area contributed by atoms with Gasteiger partial charge < -0.3 is 0 Å². The van der Waals surface area contributed by atoms with Crippen molar-refractivity contribution in [3.05, 3.63) is 11.6 Å². The van der Waals surface area contributed by atoms with Gasteiger partial charge in [0.1, 0.15) is 0 Å². The molecule has 1 rings (SSSR count). The van der Waals surface area contributed by atoms with E-state index in [-0.39, 0.29) is 10.5 Å². The fourth-order valence-electron chi connectivity index (χ4n) is 2.15. The maximum atomic E-state index is 12.0. The average molecular weight is 216 g/mol. The molecule has 0 saturated carbocycles. The van der Waals surface area contributed by atoms with E-state index < -0.39 is 9.84 Å². The van der Waals surface area contributed by atoms with E-state index in [1.807, 2.05) is 26.8 Å². The van der Waals surface area contributed by atoms with Gasteiger partial charge in [-0.3, -0.25) is 0 Å². The zero-order chi connectivity index (χ0) is 10.8. The van der Waals surface area contributed by atoms with Crippen LogP contribution in [0.25, 0.3) is 0 Å². The van der Waals surface area contributed by atoms with Crippen LogP contribution in [0, 0.1) is 0 Å². The van der Waals surface area contributed by atoms with Crippen molar-refractivity contribution >= 4 is 9.84 Å². The minimum Gasteiger partial charge on any atom is -0.228 e. The van der Waals surface area contributed by atoms with Crippen LogP contribution in [0.2, 0.25) is 0 Å². The third kappa shape index (κ3) is 2.02. The molecule has 1 aliphatic rings. The molecule has 0 bridgehead atoms. The van der Waals surface area contributed by atoms with E-state index >= 15 is 0 Å². The van der Waals surface area contributed by atoms with Gasteiger partial charge in [0.25, 0.3) is 0 Å². The molecule has 0 saturated heterocycles. The summed E-state index contributed by atoms with van der Waals surface area (Å²) in [5.74, 6) is 0. The monoisotopic (exact) mass is 216 g/mol. The topological polar surface area (TPSA) is 34.1 Å². The summed E-state index contributed by atoms with van der Waals surface area (Å²) in [4.78, 5) is 0. The predicted molar refractivity (Wildman–Crippen MR) is 60.1 cm³/mol. The molecular weight excluding hydrogens is 196 g/mol. The number of rotatable bonds is 4. The highest BCUT2D eigenvalue weighted by atomic mass is 32.2. The molecule has 0 radical (unpaired) electrons. The lowest BCUT2D eigenvalue weighted by atomic mass is 10.1. The molecule has 0 amide bonds. The quantitative estimate of drug-likeness (QED) is 0.677. The molecule has 3 heteroatoms. The largest absolute Gasteiger partial charge is 0.228 e. The van der Waals surface area contributed by atoms with E-state index in [9.17, 15) is 8.42 Å². The third-order valence-electron chi connectivity index (χ3n) is 2.90. The van der Waals surface area contributed by atoms with Gasteiger partial charge in [-0.1, -0.05) is 38.3 Å². The summed E-state index contributed by atoms with van der Waals surface area (Å²) in [5, 5.41) is -0.395. The highest BCUT2D eigenvalue weighted by Gasteiger charge is 2.38. The SMILES string of the molecule is CCCC1C=C(C)C(CCC)S1(=O)=O. The van der Waals surface area contributed by atoms with Crippen LogP contribution in [0.4, 0.5) is 0 Å². The van der Waals surface area contributed by atoms with Gasteiger partial charge in [-0.2, -0.15) is 0 Å². The Kier molecular flexibility index (Phi) is 3.76. The Morgan fingerprint density at radius 3 is 2.29 bits per heavy atom. The maximum absolute atomic E-state index is 12.0. The van der Waals surface area contributed by atoms with E-state index in [1.54, 1.807) is 0 Å². The smallest absolute Gasteiger partial charge is 0.163 e. The second kappa shape index (κ2) is 4.47. The minimum atomic E-state index is -2.89. The van der Waals surface area contributed by atoms with Gasteiger partial charge in [0.15, 0.2) is 9.84 Å². The summed E-state index contributed by atoms with van der Waals surface area (Å²) < 4.78 is 24.1. The second-order valence-electron chi connectivity index (χ2n) is 4.10. The summed E-state index contributed by atoms with van der Waals surface area (Å²) >= 11 is 0. The zero-order valence-electron chi connectivity index (χ0n) is 9.29. The summed E-state index contributed by atoms with van der Waals surface area (Å²) in [6.07, 6.45) is 5.39. The first-order chi connectivity index (χ1) is 6.54. The predicted octanol–water partition coefficient (Wildman–Crippen LogP) is 2.70. The van der Waals surface area contributed by atoms with Gasteiger partial charge >= 0.3 is 0 Å². The summed E-state index contributed by atoms with van der Waals surface area (Å²) in [5.41, 5.74) is 1.06. The Morgan fingerprint density at radius 2 is 1.79 bits per heavy atom. The maximum Gasteiger partial charge on any atom is 0.163 e. The first-order valence-electron chi connectivity index (χ1n) is 5.45. The molecule has 1 heterocycles. The Balaban J connectivity index is 2.88. The van der Waals surface area contributed by atoms with Crippen LogP contribution < -0.4 is 0 Å². The highest BCUT2D eigenvalue weighted by Crippen LogP contribution is 2.31. The van der Waals surface area contributed by atoms with E-state index in [0.29, 0.717) is 0 Å². The van der Waals surface area contributed by atoms with Crippen molar-refractivity contribution in [3.8, 4) is 0 Å². The number of hydrogen-bond donors (Lipinski definition) is 0. The molecule has 0 N–H and O–H groups in total. The third-order valence-corrected chi connectivity index (χ3v) is 5.52. The lowest BCUT2D eigenvalue weighted by molar-refractivity contribution is 0.573. The van der Waals surface area contributed by atoms with Crippen molar-refractivity contribution in [3.63, 3.8) is 0 Å². The van der Waals surface area contributed by atoms with Crippen molar-refractivity contribution in [2.75, 3.05) is 0 Å². The van der Waals surface area contributed by atoms with Crippen molar-refractivity contribution in [1.82, 2.24) is 0 Å². The second-order valence-corrected chi connectivity index (χ2v) is 6.46. The minimum absolute atomic E-state index is 0.191. The molecule has 82 valence electrons. The van der Waals surface area contributed by atoms with Gasteiger partial charge in [-0.15, -0.1) is 0 Å². The molecule has 2 nitrogen and oxygen atoms in total. The van der Waals surface area contributed by atoms with Crippen LogP contribution >= 0.6 is 0 Å². The summed E-state index contributed by atoms with van der Waals surface area (Å²) in [6, 6.07) is 0. The molecule has 0 fully saturated rings. The molecule has 1 aliphatic heterocycles. The Morgan fingerprint density at radius 1 is 1.21 bits per heavy atom. The molecule has 2 atom stereocenters. The van der Waals surface area contributed by atoms with E-state index in [1.165, 1.54) is 0 Å². The molecular formula is C11H20O2S. The van der Waals surface area contributed by atoms with Crippen LogP contribution in [0.5, 0.6) is 0 Å². The van der Waals surface area contributed by atoms with Crippen molar-refractivity contribution < 1.29 is 8.42 Å². The van der Waals surface area contributed by atoms with Crippen LogP contribution in [-0.4, -0.2) is 18.9 Å². The molecule has 0 aliphatic carbocycles. The molecule has 0 aromatic carbocycles. The van der Waals surface area contributed by atoms with Crippen molar-refractivity contribution in [1.29, 1.82) is 0 Å². The van der Waals surface area contributed by atoms with Gasteiger partial charge in [0.05, 0.1) is 10.5 Å². The Hall–Kier alpha value is -0.310. The molecule has 14 heavy (non-hydrogen) atoms. The van der Waals surface area contributed by atoms with E-state index in [4.69, 9.17) is 0 Å². The van der Waals surface area contributed by atoms with Gasteiger partial charge in [-0.25, -0.2) is 8.42 Å². The summed E-state index contributed by atoms with van der Waals surface area (Å²) in [7, 11) is -2.89. The molecule has 0 spiro atoms. The fourth-order valence-corrected chi connectivity index (χ4v) is 4.70. The van der Waals surface area contributed by atoms with E-state index in [0.717, 1.165) is 31.3 Å². The first-order valence-corrected chi connectivity index (χ1v) is 7.06. The van der Waals surface area contributed by atoms with Gasteiger partial charge in [0.2, 0.25) is 0 Å². The average Bonchev–Trinajstić information content (AvgIpc) is 2.30. The number of hydrogen-bond acceptors (Lipinski definition) is 2. The highest BCUT2D eigenvalue weighted by molar-refractivity contribution is 7.93. The Bertz CT molecular complexity index is 314. The van der Waals surface area contributed by atoms with Gasteiger partial charge in [-0.05, 0) is 19.8 Å². The standard InChI is InChI=1S/C11H20O2S/c1-4-6-10-8-9(3)11(7-5-2)14(10,12)13/h8,10-11H,4-7H2,1-3H3. The normalized spacial score (nSPS) is 30.4. The number of sulfone groups is 1.